The minimum absolute atomic E-state index is 0.122. The van der Waals surface area contributed by atoms with E-state index in [1.165, 1.54) is 4.13 Å². The average molecular weight is 156 g/mol. The average Bonchev–Trinajstić information content (AvgIpc) is 1.59. The summed E-state index contributed by atoms with van der Waals surface area (Å²) < 4.78 is 28.5. The van der Waals surface area contributed by atoms with E-state index in [4.69, 9.17) is 4.55 Å². The molecule has 0 aromatic carbocycles. The molecule has 0 amide bonds. The molecule has 0 rings (SSSR count). The zero-order valence-corrected chi connectivity index (χ0v) is 5.12. The zero-order chi connectivity index (χ0) is 6.62. The van der Waals surface area contributed by atoms with Gasteiger partial charge in [-0.05, 0) is 0 Å². The molecular weight excluding hydrogens is 154 g/mol. The van der Waals surface area contributed by atoms with Crippen LogP contribution in [0.15, 0.2) is 0 Å². The number of nitrogens with one attached hydrogen (secondary N) is 1. The highest BCUT2D eigenvalue weighted by Gasteiger charge is 1.99. The molecule has 0 spiro atoms. The Labute approximate surface area is 50.5 Å². The summed E-state index contributed by atoms with van der Waals surface area (Å²) in [6, 6.07) is 0. The van der Waals surface area contributed by atoms with Crippen molar-refractivity contribution in [2.24, 2.45) is 0 Å². The predicted octanol–water partition coefficient (Wildman–Crippen LogP) is -0.906. The molecule has 0 aliphatic rings. The smallest absolute Gasteiger partial charge is 0.276 e. The highest BCUT2D eigenvalue weighted by atomic mass is 32.3. The SMILES string of the molecule is O=[C]SNS(=O)(=O)O. The second-order valence-electron chi connectivity index (χ2n) is 0.744. The van der Waals surface area contributed by atoms with Gasteiger partial charge in [-0.2, -0.15) is 8.42 Å². The predicted molar refractivity (Wildman–Crippen MR) is 28.0 cm³/mol. The standard InChI is InChI=1S/CH2NO4S2/c3-1-7-2-8(4,5)6/h2H,(H,4,5,6). The summed E-state index contributed by atoms with van der Waals surface area (Å²) in [4.78, 5) is 9.25. The summed E-state index contributed by atoms with van der Waals surface area (Å²) >= 11 is 0.122. The van der Waals surface area contributed by atoms with Gasteiger partial charge in [-0.1, -0.05) is 0 Å². The zero-order valence-electron chi connectivity index (χ0n) is 3.49. The molecule has 2 N–H and O–H groups in total. The lowest BCUT2D eigenvalue weighted by Gasteiger charge is -1.87. The van der Waals surface area contributed by atoms with Crippen LogP contribution < -0.4 is 4.13 Å². The van der Waals surface area contributed by atoms with Gasteiger partial charge in [-0.15, -0.1) is 4.13 Å². The minimum Gasteiger partial charge on any atom is -0.276 e. The first-order chi connectivity index (χ1) is 3.56. The molecule has 0 aliphatic carbocycles. The number of rotatable bonds is 3. The van der Waals surface area contributed by atoms with Crippen molar-refractivity contribution in [3.63, 3.8) is 0 Å². The molecule has 0 saturated carbocycles. The van der Waals surface area contributed by atoms with Gasteiger partial charge in [0.15, 0.2) is 0 Å². The Bertz CT molecular complexity index is 159. The van der Waals surface area contributed by atoms with E-state index in [0.717, 1.165) is 5.62 Å². The summed E-state index contributed by atoms with van der Waals surface area (Å²) in [6.07, 6.45) is 0. The summed E-state index contributed by atoms with van der Waals surface area (Å²) in [6.45, 7) is 0. The Morgan fingerprint density at radius 1 is 1.62 bits per heavy atom. The van der Waals surface area contributed by atoms with Crippen molar-refractivity contribution in [2.75, 3.05) is 0 Å². The number of hydrogen-bond donors (Lipinski definition) is 2. The van der Waals surface area contributed by atoms with Gasteiger partial charge in [0, 0.05) is 11.9 Å². The van der Waals surface area contributed by atoms with Crippen molar-refractivity contribution in [1.82, 2.24) is 4.13 Å². The van der Waals surface area contributed by atoms with Crippen molar-refractivity contribution >= 4 is 27.9 Å². The Hall–Kier alpha value is -0.110. The second kappa shape index (κ2) is 3.02. The van der Waals surface area contributed by atoms with E-state index in [1.54, 1.807) is 0 Å². The molecule has 1 radical (unpaired) electrons. The maximum Gasteiger partial charge on any atom is 0.343 e. The summed E-state index contributed by atoms with van der Waals surface area (Å²) in [5.41, 5.74) is 1.14. The van der Waals surface area contributed by atoms with Crippen LogP contribution >= 0.6 is 11.9 Å². The van der Waals surface area contributed by atoms with Crippen molar-refractivity contribution < 1.29 is 17.8 Å². The highest BCUT2D eigenvalue weighted by molar-refractivity contribution is 8.16. The molecule has 0 atom stereocenters. The molecule has 0 aliphatic heterocycles. The van der Waals surface area contributed by atoms with Gasteiger partial charge in [0.25, 0.3) is 5.62 Å². The molecule has 47 valence electrons. The van der Waals surface area contributed by atoms with E-state index in [9.17, 15) is 13.2 Å². The molecule has 5 nitrogen and oxygen atoms in total. The maximum absolute atomic E-state index is 9.63. The monoisotopic (exact) mass is 156 g/mol. The Kier molecular flexibility index (Phi) is 2.98. The largest absolute Gasteiger partial charge is 0.343 e. The third kappa shape index (κ3) is 5.89. The molecule has 0 unspecified atom stereocenters. The van der Waals surface area contributed by atoms with Crippen molar-refractivity contribution in [2.45, 2.75) is 0 Å². The molecular formula is CH2NO4S2. The van der Waals surface area contributed by atoms with Crippen LogP contribution in [0, 0.1) is 0 Å². The van der Waals surface area contributed by atoms with E-state index >= 15 is 0 Å². The van der Waals surface area contributed by atoms with Crippen LogP contribution in [-0.2, 0) is 15.1 Å². The van der Waals surface area contributed by atoms with Crippen molar-refractivity contribution in [3.8, 4) is 0 Å². The molecule has 7 heteroatoms. The Balaban J connectivity index is 3.57. The summed E-state index contributed by atoms with van der Waals surface area (Å²) in [5.74, 6) is 0. The van der Waals surface area contributed by atoms with E-state index < -0.39 is 10.3 Å². The normalized spacial score (nSPS) is 11.1. The first kappa shape index (κ1) is 7.89. The van der Waals surface area contributed by atoms with Crippen molar-refractivity contribution in [1.29, 1.82) is 0 Å². The van der Waals surface area contributed by atoms with Gasteiger partial charge < -0.3 is 0 Å². The lowest BCUT2D eigenvalue weighted by Crippen LogP contribution is -2.13. The second-order valence-corrected chi connectivity index (χ2v) is 2.73. The van der Waals surface area contributed by atoms with Gasteiger partial charge in [0.2, 0.25) is 0 Å². The topological polar surface area (TPSA) is 83.5 Å². The quantitative estimate of drug-likeness (QED) is 0.408. The lowest BCUT2D eigenvalue weighted by molar-refractivity contribution is 0.481. The maximum atomic E-state index is 9.63. The third-order valence-electron chi connectivity index (χ3n) is 0.189. The number of hydrogen-bond acceptors (Lipinski definition) is 4. The van der Waals surface area contributed by atoms with Gasteiger partial charge >= 0.3 is 10.3 Å². The molecule has 0 aromatic heterocycles. The van der Waals surface area contributed by atoms with Crippen LogP contribution in [0.3, 0.4) is 0 Å². The molecule has 0 heterocycles. The van der Waals surface area contributed by atoms with Crippen LogP contribution in [0.2, 0.25) is 0 Å². The van der Waals surface area contributed by atoms with Crippen LogP contribution in [0.25, 0.3) is 0 Å². The molecule has 0 saturated heterocycles. The molecule has 0 fully saturated rings. The molecule has 0 bridgehead atoms. The molecule has 0 aromatic rings. The van der Waals surface area contributed by atoms with Crippen LogP contribution in [-0.4, -0.2) is 18.6 Å². The fraction of sp³-hybridized carbons (Fsp3) is 0. The van der Waals surface area contributed by atoms with E-state index in [-0.39, 0.29) is 11.9 Å². The fourth-order valence-corrected chi connectivity index (χ4v) is 0.627. The lowest BCUT2D eigenvalue weighted by atomic mass is 11.8. The van der Waals surface area contributed by atoms with Gasteiger partial charge in [-0.3, -0.25) is 9.35 Å². The third-order valence-corrected chi connectivity index (χ3v) is 1.45. The van der Waals surface area contributed by atoms with E-state index in [1.807, 2.05) is 0 Å². The summed E-state index contributed by atoms with van der Waals surface area (Å²) in [5, 5.41) is 0. The minimum atomic E-state index is -4.24. The first-order valence-electron chi connectivity index (χ1n) is 1.33. The van der Waals surface area contributed by atoms with E-state index in [0.29, 0.717) is 0 Å². The Morgan fingerprint density at radius 2 is 2.12 bits per heavy atom. The first-order valence-corrected chi connectivity index (χ1v) is 3.59. The van der Waals surface area contributed by atoms with Crippen molar-refractivity contribution in [3.05, 3.63) is 0 Å². The highest BCUT2D eigenvalue weighted by Crippen LogP contribution is 1.86. The Morgan fingerprint density at radius 3 is 2.25 bits per heavy atom. The number of carbonyl (C=O) groups excluding carboxylic acids is 1. The molecule has 8 heavy (non-hydrogen) atoms. The van der Waals surface area contributed by atoms with Crippen LogP contribution in [0.1, 0.15) is 0 Å². The van der Waals surface area contributed by atoms with Gasteiger partial charge in [0.1, 0.15) is 0 Å². The van der Waals surface area contributed by atoms with Crippen LogP contribution in [0.4, 0.5) is 0 Å². The van der Waals surface area contributed by atoms with Gasteiger partial charge in [-0.25, -0.2) is 0 Å². The fourth-order valence-electron chi connectivity index (χ4n) is 0.0697. The van der Waals surface area contributed by atoms with Crippen LogP contribution in [0.5, 0.6) is 0 Å². The summed E-state index contributed by atoms with van der Waals surface area (Å²) in [7, 11) is -4.24. The van der Waals surface area contributed by atoms with E-state index in [2.05, 4.69) is 0 Å². The van der Waals surface area contributed by atoms with Gasteiger partial charge in [0.05, 0.1) is 0 Å².